The molecule has 0 bridgehead atoms. The molecule has 1 atom stereocenters. The third kappa shape index (κ3) is 5.81. The van der Waals surface area contributed by atoms with Crippen LogP contribution in [0, 0.1) is 5.92 Å². The third-order valence-electron chi connectivity index (χ3n) is 5.57. The van der Waals surface area contributed by atoms with Gasteiger partial charge in [-0.1, -0.05) is 12.1 Å². The molecule has 1 heterocycles. The van der Waals surface area contributed by atoms with E-state index in [0.717, 1.165) is 5.56 Å². The molecule has 0 saturated carbocycles. The molecule has 6 nitrogen and oxygen atoms in total. The zero-order valence-corrected chi connectivity index (χ0v) is 19.8. The second-order valence-electron chi connectivity index (χ2n) is 7.59. The minimum absolute atomic E-state index is 0.0143. The Hall–Kier alpha value is -2.03. The molecule has 1 fully saturated rings. The number of thioether (sulfide) groups is 1. The first-order chi connectivity index (χ1) is 14.8. The van der Waals surface area contributed by atoms with Crippen LogP contribution in [0.1, 0.15) is 38.3 Å². The van der Waals surface area contributed by atoms with E-state index < -0.39 is 10.0 Å². The summed E-state index contributed by atoms with van der Waals surface area (Å²) < 4.78 is 32.7. The van der Waals surface area contributed by atoms with Gasteiger partial charge in [-0.3, -0.25) is 4.79 Å². The number of ether oxygens (including phenoxy) is 1. The Labute approximate surface area is 189 Å². The highest BCUT2D eigenvalue weighted by Crippen LogP contribution is 2.26. The minimum atomic E-state index is -3.57. The summed E-state index contributed by atoms with van der Waals surface area (Å²) in [6.45, 7) is 5.06. The average Bonchev–Trinajstić information content (AvgIpc) is 2.79. The van der Waals surface area contributed by atoms with E-state index in [1.807, 2.05) is 44.4 Å². The lowest BCUT2D eigenvalue weighted by molar-refractivity contribution is -0.126. The smallest absolute Gasteiger partial charge is 0.243 e. The Morgan fingerprint density at radius 3 is 2.29 bits per heavy atom. The number of hydrogen-bond acceptors (Lipinski definition) is 5. The van der Waals surface area contributed by atoms with Crippen LogP contribution in [0.2, 0.25) is 0 Å². The fourth-order valence-electron chi connectivity index (χ4n) is 3.69. The number of nitrogens with zero attached hydrogens (tertiary/aromatic N) is 1. The molecule has 1 amide bonds. The summed E-state index contributed by atoms with van der Waals surface area (Å²) in [6, 6.07) is 14.6. The van der Waals surface area contributed by atoms with Gasteiger partial charge in [0, 0.05) is 23.9 Å². The van der Waals surface area contributed by atoms with Gasteiger partial charge in [-0.25, -0.2) is 8.42 Å². The molecule has 1 saturated heterocycles. The zero-order valence-electron chi connectivity index (χ0n) is 18.2. The highest BCUT2D eigenvalue weighted by molar-refractivity contribution is 7.98. The van der Waals surface area contributed by atoms with Crippen LogP contribution in [-0.4, -0.2) is 44.6 Å². The van der Waals surface area contributed by atoms with Gasteiger partial charge in [0.05, 0.1) is 17.5 Å². The van der Waals surface area contributed by atoms with E-state index in [1.54, 1.807) is 36.0 Å². The lowest BCUT2D eigenvalue weighted by atomic mass is 9.96. The van der Waals surface area contributed by atoms with E-state index >= 15 is 0 Å². The normalized spacial score (nSPS) is 16.6. The first kappa shape index (κ1) is 23.6. The number of carbonyl (C=O) groups excluding carboxylic acids is 1. The molecule has 0 aromatic heterocycles. The van der Waals surface area contributed by atoms with Crippen molar-refractivity contribution < 1.29 is 17.9 Å². The van der Waals surface area contributed by atoms with E-state index in [0.29, 0.717) is 38.3 Å². The molecule has 1 aliphatic heterocycles. The van der Waals surface area contributed by atoms with Crippen LogP contribution >= 0.6 is 11.8 Å². The van der Waals surface area contributed by atoms with Crippen LogP contribution < -0.4 is 10.1 Å². The van der Waals surface area contributed by atoms with E-state index in [1.165, 1.54) is 9.20 Å². The van der Waals surface area contributed by atoms with Crippen LogP contribution in [0.3, 0.4) is 0 Å². The fraction of sp³-hybridized carbons (Fsp3) is 0.435. The van der Waals surface area contributed by atoms with Gasteiger partial charge in [0.1, 0.15) is 5.75 Å². The Morgan fingerprint density at radius 1 is 1.13 bits per heavy atom. The molecule has 3 rings (SSSR count). The number of carbonyl (C=O) groups is 1. The SMILES string of the molecule is CCOc1ccc(S(=O)(=O)N2CCC(C(=O)N[C@@H](C)c3ccc(SC)cc3)CC2)cc1. The largest absolute Gasteiger partial charge is 0.494 e. The first-order valence-electron chi connectivity index (χ1n) is 10.5. The molecule has 0 spiro atoms. The summed E-state index contributed by atoms with van der Waals surface area (Å²) in [7, 11) is -3.57. The number of nitrogens with one attached hydrogen (secondary N) is 1. The topological polar surface area (TPSA) is 75.7 Å². The number of benzene rings is 2. The van der Waals surface area contributed by atoms with Crippen LogP contribution in [-0.2, 0) is 14.8 Å². The number of rotatable bonds is 8. The molecule has 168 valence electrons. The van der Waals surface area contributed by atoms with Crippen molar-refractivity contribution in [3.05, 3.63) is 54.1 Å². The van der Waals surface area contributed by atoms with Gasteiger partial charge < -0.3 is 10.1 Å². The average molecular weight is 463 g/mol. The standard InChI is InChI=1S/C23H30N2O4S2/c1-4-29-20-7-11-22(12-8-20)31(27,28)25-15-13-19(14-16-25)23(26)24-17(2)18-5-9-21(30-3)10-6-18/h5-12,17,19H,4,13-16H2,1-3H3,(H,24,26)/t17-/m0/s1. The lowest BCUT2D eigenvalue weighted by Gasteiger charge is -2.31. The second kappa shape index (κ2) is 10.5. The molecule has 2 aromatic carbocycles. The van der Waals surface area contributed by atoms with Crippen molar-refractivity contribution in [3.8, 4) is 5.75 Å². The molecule has 0 unspecified atom stereocenters. The molecule has 0 aliphatic carbocycles. The van der Waals surface area contributed by atoms with Crippen LogP contribution in [0.25, 0.3) is 0 Å². The highest BCUT2D eigenvalue weighted by Gasteiger charge is 2.32. The predicted molar refractivity (Wildman–Crippen MR) is 124 cm³/mol. The summed E-state index contributed by atoms with van der Waals surface area (Å²) in [5.74, 6) is 0.452. The van der Waals surface area contributed by atoms with Crippen molar-refractivity contribution in [1.82, 2.24) is 9.62 Å². The van der Waals surface area contributed by atoms with Gasteiger partial charge in [0.25, 0.3) is 0 Å². The van der Waals surface area contributed by atoms with Gasteiger partial charge in [-0.05, 0) is 74.9 Å². The quantitative estimate of drug-likeness (QED) is 0.598. The molecule has 0 radical (unpaired) electrons. The van der Waals surface area contributed by atoms with Crippen LogP contribution in [0.5, 0.6) is 5.75 Å². The van der Waals surface area contributed by atoms with Gasteiger partial charge in [-0.2, -0.15) is 4.31 Å². The summed E-state index contributed by atoms with van der Waals surface area (Å²) in [5, 5.41) is 3.08. The third-order valence-corrected chi connectivity index (χ3v) is 8.23. The maximum atomic E-state index is 12.9. The summed E-state index contributed by atoms with van der Waals surface area (Å²) in [6.07, 6.45) is 3.06. The first-order valence-corrected chi connectivity index (χ1v) is 13.2. The van der Waals surface area contributed by atoms with Gasteiger partial charge in [-0.15, -0.1) is 11.8 Å². The maximum absolute atomic E-state index is 12.9. The Bertz CT molecular complexity index is 968. The number of hydrogen-bond donors (Lipinski definition) is 1. The molecule has 1 aliphatic rings. The van der Waals surface area contributed by atoms with Crippen LogP contribution in [0.4, 0.5) is 0 Å². The fourth-order valence-corrected chi connectivity index (χ4v) is 5.57. The van der Waals surface area contributed by atoms with Crippen LogP contribution in [0.15, 0.2) is 58.3 Å². The molecular weight excluding hydrogens is 432 g/mol. The molecule has 1 N–H and O–H groups in total. The van der Waals surface area contributed by atoms with E-state index in [2.05, 4.69) is 5.32 Å². The number of sulfonamides is 1. The van der Waals surface area contributed by atoms with Crippen molar-refractivity contribution in [2.24, 2.45) is 5.92 Å². The Balaban J connectivity index is 1.55. The Morgan fingerprint density at radius 2 is 1.74 bits per heavy atom. The number of piperidine rings is 1. The van der Waals surface area contributed by atoms with Gasteiger partial charge in [0.2, 0.25) is 15.9 Å². The molecule has 31 heavy (non-hydrogen) atoms. The second-order valence-corrected chi connectivity index (χ2v) is 10.4. The van der Waals surface area contributed by atoms with E-state index in [-0.39, 0.29) is 22.8 Å². The summed E-state index contributed by atoms with van der Waals surface area (Å²) in [5.41, 5.74) is 1.06. The maximum Gasteiger partial charge on any atom is 0.243 e. The minimum Gasteiger partial charge on any atom is -0.494 e. The summed E-state index contributed by atoms with van der Waals surface area (Å²) in [4.78, 5) is 14.2. The molecule has 2 aromatic rings. The monoisotopic (exact) mass is 462 g/mol. The van der Waals surface area contributed by atoms with Crippen molar-refractivity contribution in [2.45, 2.75) is 42.5 Å². The zero-order chi connectivity index (χ0) is 22.4. The van der Waals surface area contributed by atoms with Crippen molar-refractivity contribution >= 4 is 27.7 Å². The van der Waals surface area contributed by atoms with Gasteiger partial charge >= 0.3 is 0 Å². The lowest BCUT2D eigenvalue weighted by Crippen LogP contribution is -2.43. The highest BCUT2D eigenvalue weighted by atomic mass is 32.2. The van der Waals surface area contributed by atoms with Crippen molar-refractivity contribution in [1.29, 1.82) is 0 Å². The molecular formula is C23H30N2O4S2. The summed E-state index contributed by atoms with van der Waals surface area (Å²) >= 11 is 1.68. The van der Waals surface area contributed by atoms with E-state index in [9.17, 15) is 13.2 Å². The number of amides is 1. The van der Waals surface area contributed by atoms with E-state index in [4.69, 9.17) is 4.74 Å². The van der Waals surface area contributed by atoms with Gasteiger partial charge in [0.15, 0.2) is 0 Å². The van der Waals surface area contributed by atoms with Crippen molar-refractivity contribution in [2.75, 3.05) is 26.0 Å². The van der Waals surface area contributed by atoms with Crippen molar-refractivity contribution in [3.63, 3.8) is 0 Å². The Kier molecular flexibility index (Phi) is 8.02. The molecule has 8 heteroatoms. The predicted octanol–water partition coefficient (Wildman–Crippen LogP) is 4.09.